The van der Waals surface area contributed by atoms with Gasteiger partial charge in [-0.2, -0.15) is 0 Å². The smallest absolute Gasteiger partial charge is 0.292 e. The van der Waals surface area contributed by atoms with E-state index in [0.29, 0.717) is 23.7 Å². The van der Waals surface area contributed by atoms with Crippen LogP contribution in [0.5, 0.6) is 0 Å². The number of nitro groups is 1. The van der Waals surface area contributed by atoms with E-state index in [-0.39, 0.29) is 17.6 Å². The van der Waals surface area contributed by atoms with Crippen molar-refractivity contribution in [2.75, 3.05) is 18.9 Å². The number of nitro benzene ring substituents is 1. The SMILES string of the molecule is CNC(=O)c1ccc([N+](=O)[O-])c(NC(CN)CC(C)C)c1. The third kappa shape index (κ3) is 4.71. The molecule has 4 N–H and O–H groups in total. The van der Waals surface area contributed by atoms with Gasteiger partial charge >= 0.3 is 0 Å². The predicted octanol–water partition coefficient (Wildman–Crippen LogP) is 1.74. The summed E-state index contributed by atoms with van der Waals surface area (Å²) in [4.78, 5) is 22.3. The first-order valence-electron chi connectivity index (χ1n) is 6.86. The van der Waals surface area contributed by atoms with Crippen LogP contribution in [-0.4, -0.2) is 30.5 Å². The summed E-state index contributed by atoms with van der Waals surface area (Å²) in [7, 11) is 1.51. The van der Waals surface area contributed by atoms with Crippen LogP contribution in [0.15, 0.2) is 18.2 Å². The summed E-state index contributed by atoms with van der Waals surface area (Å²) >= 11 is 0. The van der Waals surface area contributed by atoms with E-state index in [9.17, 15) is 14.9 Å². The van der Waals surface area contributed by atoms with Crippen LogP contribution in [0.25, 0.3) is 0 Å². The minimum absolute atomic E-state index is 0.0649. The average Bonchev–Trinajstić information content (AvgIpc) is 2.44. The summed E-state index contributed by atoms with van der Waals surface area (Å²) < 4.78 is 0. The van der Waals surface area contributed by atoms with Gasteiger partial charge in [-0.15, -0.1) is 0 Å². The molecular weight excluding hydrogens is 272 g/mol. The average molecular weight is 294 g/mol. The van der Waals surface area contributed by atoms with E-state index in [2.05, 4.69) is 24.5 Å². The number of anilines is 1. The highest BCUT2D eigenvalue weighted by molar-refractivity contribution is 5.95. The highest BCUT2D eigenvalue weighted by Crippen LogP contribution is 2.27. The van der Waals surface area contributed by atoms with Crippen LogP contribution < -0.4 is 16.4 Å². The topological polar surface area (TPSA) is 110 Å². The number of amides is 1. The monoisotopic (exact) mass is 294 g/mol. The lowest BCUT2D eigenvalue weighted by Crippen LogP contribution is -2.30. The number of rotatable bonds is 7. The van der Waals surface area contributed by atoms with Gasteiger partial charge in [0.05, 0.1) is 4.92 Å². The molecular formula is C14H22N4O3. The number of hydrogen-bond donors (Lipinski definition) is 3. The second-order valence-corrected chi connectivity index (χ2v) is 5.27. The molecule has 0 saturated carbocycles. The molecule has 1 unspecified atom stereocenters. The van der Waals surface area contributed by atoms with Crippen LogP contribution in [0.3, 0.4) is 0 Å². The maximum Gasteiger partial charge on any atom is 0.292 e. The van der Waals surface area contributed by atoms with Crippen LogP contribution in [-0.2, 0) is 0 Å². The molecule has 1 aromatic carbocycles. The molecule has 1 aromatic rings. The van der Waals surface area contributed by atoms with Gasteiger partial charge in [-0.25, -0.2) is 0 Å². The van der Waals surface area contributed by atoms with Crippen molar-refractivity contribution >= 4 is 17.3 Å². The van der Waals surface area contributed by atoms with E-state index in [1.54, 1.807) is 0 Å². The lowest BCUT2D eigenvalue weighted by molar-refractivity contribution is -0.384. The van der Waals surface area contributed by atoms with E-state index in [0.717, 1.165) is 6.42 Å². The molecule has 0 spiro atoms. The summed E-state index contributed by atoms with van der Waals surface area (Å²) in [5.74, 6) is 0.119. The first-order chi connectivity index (χ1) is 9.88. The third-order valence-corrected chi connectivity index (χ3v) is 3.08. The molecule has 0 saturated heterocycles. The van der Waals surface area contributed by atoms with Crippen LogP contribution in [0, 0.1) is 16.0 Å². The van der Waals surface area contributed by atoms with E-state index in [1.165, 1.54) is 25.2 Å². The zero-order valence-corrected chi connectivity index (χ0v) is 12.6. The number of benzene rings is 1. The molecule has 0 aliphatic heterocycles. The molecule has 0 heterocycles. The van der Waals surface area contributed by atoms with Crippen molar-refractivity contribution in [1.29, 1.82) is 0 Å². The fraction of sp³-hybridized carbons (Fsp3) is 0.500. The molecule has 0 radical (unpaired) electrons. The maximum atomic E-state index is 11.6. The number of nitrogens with one attached hydrogen (secondary N) is 2. The van der Waals surface area contributed by atoms with Crippen LogP contribution in [0.2, 0.25) is 0 Å². The molecule has 116 valence electrons. The summed E-state index contributed by atoms with van der Waals surface area (Å²) in [5, 5.41) is 16.7. The number of carbonyl (C=O) groups is 1. The molecule has 1 amide bonds. The molecule has 0 bridgehead atoms. The molecule has 0 aliphatic carbocycles. The quantitative estimate of drug-likeness (QED) is 0.524. The van der Waals surface area contributed by atoms with Gasteiger partial charge in [0, 0.05) is 31.3 Å². The van der Waals surface area contributed by atoms with Gasteiger partial charge in [0.25, 0.3) is 11.6 Å². The second-order valence-electron chi connectivity index (χ2n) is 5.27. The summed E-state index contributed by atoms with van der Waals surface area (Å²) in [5.41, 5.74) is 6.33. The van der Waals surface area contributed by atoms with Gasteiger partial charge in [0.2, 0.25) is 0 Å². The molecule has 0 fully saturated rings. The Bertz CT molecular complexity index is 517. The molecule has 1 atom stereocenters. The van der Waals surface area contributed by atoms with E-state index < -0.39 is 4.92 Å². The van der Waals surface area contributed by atoms with Gasteiger partial charge in [0.1, 0.15) is 5.69 Å². The predicted molar refractivity (Wildman–Crippen MR) is 82.4 cm³/mol. The van der Waals surface area contributed by atoms with Gasteiger partial charge in [-0.05, 0) is 24.5 Å². The Balaban J connectivity index is 3.10. The Morgan fingerprint density at radius 3 is 2.57 bits per heavy atom. The normalized spacial score (nSPS) is 12.0. The van der Waals surface area contributed by atoms with Crippen molar-refractivity contribution in [3.63, 3.8) is 0 Å². The highest BCUT2D eigenvalue weighted by Gasteiger charge is 2.19. The molecule has 0 aliphatic rings. The maximum absolute atomic E-state index is 11.6. The lowest BCUT2D eigenvalue weighted by Gasteiger charge is -2.20. The molecule has 7 heteroatoms. The van der Waals surface area contributed by atoms with Crippen molar-refractivity contribution in [3.8, 4) is 0 Å². The fourth-order valence-electron chi connectivity index (χ4n) is 2.10. The second kappa shape index (κ2) is 7.58. The summed E-state index contributed by atoms with van der Waals surface area (Å²) in [6, 6.07) is 4.17. The molecule has 21 heavy (non-hydrogen) atoms. The highest BCUT2D eigenvalue weighted by atomic mass is 16.6. The minimum Gasteiger partial charge on any atom is -0.375 e. The Kier molecular flexibility index (Phi) is 6.10. The van der Waals surface area contributed by atoms with Gasteiger partial charge < -0.3 is 16.4 Å². The van der Waals surface area contributed by atoms with Crippen molar-refractivity contribution < 1.29 is 9.72 Å². The van der Waals surface area contributed by atoms with Crippen LogP contribution >= 0.6 is 0 Å². The van der Waals surface area contributed by atoms with Gasteiger partial charge in [0.15, 0.2) is 0 Å². The molecule has 0 aromatic heterocycles. The van der Waals surface area contributed by atoms with Gasteiger partial charge in [-0.3, -0.25) is 14.9 Å². The first kappa shape index (κ1) is 16.9. The molecule has 1 rings (SSSR count). The van der Waals surface area contributed by atoms with Crippen molar-refractivity contribution in [2.24, 2.45) is 11.7 Å². The van der Waals surface area contributed by atoms with E-state index >= 15 is 0 Å². The van der Waals surface area contributed by atoms with Crippen LogP contribution in [0.4, 0.5) is 11.4 Å². The summed E-state index contributed by atoms with van der Waals surface area (Å²) in [6.45, 7) is 4.47. The number of nitrogens with two attached hydrogens (primary N) is 1. The first-order valence-corrected chi connectivity index (χ1v) is 6.86. The largest absolute Gasteiger partial charge is 0.375 e. The Hall–Kier alpha value is -2.15. The van der Waals surface area contributed by atoms with Crippen molar-refractivity contribution in [3.05, 3.63) is 33.9 Å². The number of nitrogens with zero attached hydrogens (tertiary/aromatic N) is 1. The van der Waals surface area contributed by atoms with E-state index in [4.69, 9.17) is 5.73 Å². The number of carbonyl (C=O) groups excluding carboxylic acids is 1. The Labute approximate surface area is 124 Å². The van der Waals surface area contributed by atoms with Gasteiger partial charge in [-0.1, -0.05) is 13.8 Å². The summed E-state index contributed by atoms with van der Waals surface area (Å²) in [6.07, 6.45) is 0.790. The molecule has 7 nitrogen and oxygen atoms in total. The third-order valence-electron chi connectivity index (χ3n) is 3.08. The van der Waals surface area contributed by atoms with Crippen molar-refractivity contribution in [1.82, 2.24) is 5.32 Å². The number of hydrogen-bond acceptors (Lipinski definition) is 5. The minimum atomic E-state index is -0.473. The van der Waals surface area contributed by atoms with E-state index in [1.807, 2.05) is 0 Å². The standard InChI is InChI=1S/C14H22N4O3/c1-9(2)6-11(8-15)17-12-7-10(14(19)16-3)4-5-13(12)18(20)21/h4-5,7,9,11,17H,6,8,15H2,1-3H3,(H,16,19). The zero-order valence-electron chi connectivity index (χ0n) is 12.6. The van der Waals surface area contributed by atoms with Crippen LogP contribution in [0.1, 0.15) is 30.6 Å². The zero-order chi connectivity index (χ0) is 16.0. The Morgan fingerprint density at radius 2 is 2.10 bits per heavy atom. The van der Waals surface area contributed by atoms with Crippen molar-refractivity contribution in [2.45, 2.75) is 26.3 Å². The fourth-order valence-corrected chi connectivity index (χ4v) is 2.10. The lowest BCUT2D eigenvalue weighted by atomic mass is 10.0. The Morgan fingerprint density at radius 1 is 1.43 bits per heavy atom.